The van der Waals surface area contributed by atoms with Crippen LogP contribution in [0.25, 0.3) is 22.3 Å². The molecular formula is C22H26N5. The van der Waals surface area contributed by atoms with Crippen molar-refractivity contribution in [2.24, 2.45) is 0 Å². The molecule has 2 fully saturated rings. The van der Waals surface area contributed by atoms with E-state index in [0.29, 0.717) is 6.54 Å². The summed E-state index contributed by atoms with van der Waals surface area (Å²) in [4.78, 5) is 14.8. The van der Waals surface area contributed by atoms with Crippen LogP contribution in [0.2, 0.25) is 0 Å². The van der Waals surface area contributed by atoms with Crippen LogP contribution in [-0.2, 0) is 6.54 Å². The smallest absolute Gasteiger partial charge is 0.229 e. The van der Waals surface area contributed by atoms with Crippen LogP contribution in [0.4, 0.5) is 11.8 Å². The Bertz CT molecular complexity index is 934. The van der Waals surface area contributed by atoms with Crippen LogP contribution in [0.5, 0.6) is 0 Å². The minimum Gasteiger partial charge on any atom is -0.356 e. The highest BCUT2D eigenvalue weighted by atomic mass is 15.3. The van der Waals surface area contributed by atoms with Crippen molar-refractivity contribution in [3.8, 4) is 11.3 Å². The minimum absolute atomic E-state index is 0.656. The molecule has 0 unspecified atom stereocenters. The molecule has 4 heterocycles. The Balaban J connectivity index is 1.73. The fourth-order valence-corrected chi connectivity index (χ4v) is 4.40. The number of hydrogen-bond donors (Lipinski definition) is 0. The first-order valence-electron chi connectivity index (χ1n) is 10.1. The molecule has 2 saturated heterocycles. The Morgan fingerprint density at radius 1 is 0.852 bits per heavy atom. The predicted octanol–water partition coefficient (Wildman–Crippen LogP) is 4.13. The maximum absolute atomic E-state index is 5.05. The molecule has 2 aliphatic rings. The second kappa shape index (κ2) is 6.87. The highest BCUT2D eigenvalue weighted by Crippen LogP contribution is 2.35. The summed E-state index contributed by atoms with van der Waals surface area (Å²) >= 11 is 0. The van der Waals surface area contributed by atoms with Gasteiger partial charge in [0, 0.05) is 32.7 Å². The molecule has 1 radical (unpaired) electrons. The first-order chi connectivity index (χ1) is 13.3. The van der Waals surface area contributed by atoms with Gasteiger partial charge in [0.05, 0.1) is 11.1 Å². The van der Waals surface area contributed by atoms with Gasteiger partial charge in [-0.25, -0.2) is 0 Å². The number of hydrogen-bond acceptors (Lipinski definition) is 4. The highest BCUT2D eigenvalue weighted by molar-refractivity contribution is 5.94. The Kier molecular flexibility index (Phi) is 4.23. The second-order valence-electron chi connectivity index (χ2n) is 7.52. The van der Waals surface area contributed by atoms with Crippen LogP contribution in [0.3, 0.4) is 0 Å². The lowest BCUT2D eigenvalue weighted by Gasteiger charge is -2.21. The number of fused-ring (bicyclic) bond motifs is 1. The average Bonchev–Trinajstić information content (AvgIpc) is 3.48. The Morgan fingerprint density at radius 3 is 2.19 bits per heavy atom. The van der Waals surface area contributed by atoms with Gasteiger partial charge < -0.3 is 14.4 Å². The van der Waals surface area contributed by atoms with Gasteiger partial charge in [-0.15, -0.1) is 0 Å². The zero-order valence-corrected chi connectivity index (χ0v) is 15.8. The van der Waals surface area contributed by atoms with Crippen LogP contribution in [0.1, 0.15) is 25.7 Å². The van der Waals surface area contributed by atoms with E-state index in [1.807, 2.05) is 0 Å². The fraction of sp³-hybridized carbons (Fsp3) is 0.409. The number of aromatic nitrogens is 3. The molecule has 5 heteroatoms. The van der Waals surface area contributed by atoms with Crippen LogP contribution in [0.15, 0.2) is 36.4 Å². The van der Waals surface area contributed by atoms with Gasteiger partial charge in [-0.3, -0.25) is 0 Å². The Morgan fingerprint density at radius 2 is 1.52 bits per heavy atom. The van der Waals surface area contributed by atoms with Crippen molar-refractivity contribution in [3.63, 3.8) is 0 Å². The summed E-state index contributed by atoms with van der Waals surface area (Å²) in [6, 6.07) is 12.8. The van der Waals surface area contributed by atoms with Crippen LogP contribution >= 0.6 is 0 Å². The van der Waals surface area contributed by atoms with Crippen molar-refractivity contribution < 1.29 is 0 Å². The summed E-state index contributed by atoms with van der Waals surface area (Å²) < 4.78 is 2.24. The van der Waals surface area contributed by atoms with Crippen molar-refractivity contribution in [2.45, 2.75) is 32.2 Å². The molecule has 5 nitrogen and oxygen atoms in total. The fourth-order valence-electron chi connectivity index (χ4n) is 4.40. The molecule has 0 bridgehead atoms. The van der Waals surface area contributed by atoms with Crippen LogP contribution in [-0.4, -0.2) is 40.7 Å². The normalized spacial score (nSPS) is 17.4. The molecular weight excluding hydrogens is 334 g/mol. The zero-order chi connectivity index (χ0) is 18.2. The third kappa shape index (κ3) is 2.85. The molecule has 0 spiro atoms. The molecule has 3 aromatic rings. The van der Waals surface area contributed by atoms with Crippen molar-refractivity contribution in [3.05, 3.63) is 43.3 Å². The van der Waals surface area contributed by atoms with Crippen molar-refractivity contribution in [1.82, 2.24) is 14.5 Å². The lowest BCUT2D eigenvalue weighted by Crippen LogP contribution is -2.24. The van der Waals surface area contributed by atoms with E-state index in [2.05, 4.69) is 57.7 Å². The van der Waals surface area contributed by atoms with Gasteiger partial charge in [-0.2, -0.15) is 9.97 Å². The minimum atomic E-state index is 0.656. The van der Waals surface area contributed by atoms with Gasteiger partial charge in [0.25, 0.3) is 0 Å². The quantitative estimate of drug-likeness (QED) is 0.701. The van der Waals surface area contributed by atoms with Gasteiger partial charge in [-0.05, 0) is 44.2 Å². The van der Waals surface area contributed by atoms with Crippen molar-refractivity contribution >= 4 is 22.8 Å². The monoisotopic (exact) mass is 360 g/mol. The van der Waals surface area contributed by atoms with E-state index in [0.717, 1.165) is 49.0 Å². The van der Waals surface area contributed by atoms with E-state index in [1.165, 1.54) is 36.9 Å². The third-order valence-electron chi connectivity index (χ3n) is 5.81. The maximum atomic E-state index is 5.05. The van der Waals surface area contributed by atoms with Crippen LogP contribution < -0.4 is 9.80 Å². The molecule has 0 saturated carbocycles. The van der Waals surface area contributed by atoms with Gasteiger partial charge in [-0.1, -0.05) is 30.3 Å². The number of anilines is 2. The molecule has 27 heavy (non-hydrogen) atoms. The first-order valence-corrected chi connectivity index (χ1v) is 10.1. The SMILES string of the molecule is [CH2]Cn1c(-c2ccccc2)cc2c(N3CCCC3)nc(N3CCCC3)nc21. The van der Waals surface area contributed by atoms with Crippen molar-refractivity contribution in [1.29, 1.82) is 0 Å². The first kappa shape index (κ1) is 16.6. The van der Waals surface area contributed by atoms with E-state index in [-0.39, 0.29) is 0 Å². The Labute approximate surface area is 160 Å². The van der Waals surface area contributed by atoms with Gasteiger partial charge in [0.1, 0.15) is 11.5 Å². The van der Waals surface area contributed by atoms with Crippen LogP contribution in [0, 0.1) is 6.92 Å². The van der Waals surface area contributed by atoms with E-state index in [4.69, 9.17) is 9.97 Å². The summed E-state index contributed by atoms with van der Waals surface area (Å²) in [6.45, 7) is 9.13. The topological polar surface area (TPSA) is 37.2 Å². The largest absolute Gasteiger partial charge is 0.356 e. The highest BCUT2D eigenvalue weighted by Gasteiger charge is 2.24. The van der Waals surface area contributed by atoms with E-state index < -0.39 is 0 Å². The third-order valence-corrected chi connectivity index (χ3v) is 5.81. The summed E-state index contributed by atoms with van der Waals surface area (Å²) in [6.07, 6.45) is 4.94. The molecule has 0 atom stereocenters. The molecule has 0 amide bonds. The summed E-state index contributed by atoms with van der Waals surface area (Å²) in [5, 5.41) is 1.15. The average molecular weight is 360 g/mol. The number of nitrogens with zero attached hydrogens (tertiary/aromatic N) is 5. The van der Waals surface area contributed by atoms with E-state index in [1.54, 1.807) is 0 Å². The molecule has 2 aromatic heterocycles. The van der Waals surface area contributed by atoms with E-state index >= 15 is 0 Å². The Hall–Kier alpha value is -2.56. The lowest BCUT2D eigenvalue weighted by molar-refractivity contribution is 0.837. The van der Waals surface area contributed by atoms with Gasteiger partial charge in [0.15, 0.2) is 0 Å². The number of benzene rings is 1. The molecule has 1 aromatic carbocycles. The molecule has 5 rings (SSSR count). The van der Waals surface area contributed by atoms with Gasteiger partial charge in [0.2, 0.25) is 5.95 Å². The zero-order valence-electron chi connectivity index (χ0n) is 15.8. The second-order valence-corrected chi connectivity index (χ2v) is 7.52. The lowest BCUT2D eigenvalue weighted by atomic mass is 10.1. The summed E-state index contributed by atoms with van der Waals surface area (Å²) in [5.74, 6) is 1.98. The summed E-state index contributed by atoms with van der Waals surface area (Å²) in [5.41, 5.74) is 3.39. The van der Waals surface area contributed by atoms with E-state index in [9.17, 15) is 0 Å². The molecule has 0 N–H and O–H groups in total. The summed E-state index contributed by atoms with van der Waals surface area (Å²) in [7, 11) is 0. The maximum Gasteiger partial charge on any atom is 0.229 e. The molecule has 2 aliphatic heterocycles. The molecule has 139 valence electrons. The predicted molar refractivity (Wildman–Crippen MR) is 111 cm³/mol. The molecule has 0 aliphatic carbocycles. The van der Waals surface area contributed by atoms with Gasteiger partial charge >= 0.3 is 0 Å². The van der Waals surface area contributed by atoms with Crippen molar-refractivity contribution in [2.75, 3.05) is 36.0 Å². The standard InChI is InChI=1S/C22H26N5/c1-2-27-19(17-10-4-3-5-11-17)16-18-20(25-12-6-7-13-25)23-22(24-21(18)27)26-14-8-9-15-26/h3-5,10-11,16H,1-2,6-9,12-15H2. The number of rotatable bonds is 4.